The zero-order chi connectivity index (χ0) is 26.5. The minimum Gasteiger partial charge on any atom is -0.456 e. The first kappa shape index (κ1) is 30.0. The Morgan fingerprint density at radius 2 is 2.00 bits per heavy atom. The molecule has 0 radical (unpaired) electrons. The van der Waals surface area contributed by atoms with Crippen molar-refractivity contribution in [3.8, 4) is 0 Å². The number of benzene rings is 1. The molecule has 1 amide bonds. The van der Waals surface area contributed by atoms with Crippen molar-refractivity contribution in [1.29, 1.82) is 0 Å². The van der Waals surface area contributed by atoms with E-state index >= 15 is 0 Å². The van der Waals surface area contributed by atoms with Crippen LogP contribution in [0.5, 0.6) is 0 Å². The largest absolute Gasteiger partial charge is 0.456 e. The molecule has 1 aliphatic carbocycles. The number of esters is 1. The predicted molar refractivity (Wildman–Crippen MR) is 139 cm³/mol. The quantitative estimate of drug-likeness (QED) is 0.206. The van der Waals surface area contributed by atoms with Gasteiger partial charge in [-0.1, -0.05) is 36.4 Å². The number of rotatable bonds is 15. The highest BCUT2D eigenvalue weighted by molar-refractivity contribution is 7.99. The number of aliphatic hydroxyl groups is 2. The number of hydrogen-bond donors (Lipinski definition) is 2. The zero-order valence-corrected chi connectivity index (χ0v) is 22.2. The number of likely N-dealkylation sites (N-methyl/N-ethyl adjacent to an activating group) is 1. The van der Waals surface area contributed by atoms with Crippen molar-refractivity contribution in [3.63, 3.8) is 0 Å². The third-order valence-corrected chi connectivity index (χ3v) is 7.24. The van der Waals surface area contributed by atoms with E-state index in [1.807, 2.05) is 24.3 Å². The molecule has 0 aromatic heterocycles. The minimum absolute atomic E-state index is 0.0497. The van der Waals surface area contributed by atoms with Crippen LogP contribution in [0.3, 0.4) is 0 Å². The van der Waals surface area contributed by atoms with Crippen molar-refractivity contribution < 1.29 is 34.1 Å². The van der Waals surface area contributed by atoms with Gasteiger partial charge in [-0.3, -0.25) is 14.4 Å². The third-order valence-electron chi connectivity index (χ3n) is 6.13. The molecule has 1 aromatic rings. The molecule has 1 aliphatic rings. The van der Waals surface area contributed by atoms with Crippen LogP contribution in [0.15, 0.2) is 36.4 Å². The molecule has 0 bridgehead atoms. The molecule has 1 aromatic carbocycles. The molecule has 9 heteroatoms. The van der Waals surface area contributed by atoms with Gasteiger partial charge in [0.05, 0.1) is 18.8 Å². The zero-order valence-electron chi connectivity index (χ0n) is 21.4. The number of hydrogen-bond acceptors (Lipinski definition) is 8. The summed E-state index contributed by atoms with van der Waals surface area (Å²) in [6.45, 7) is 0.270. The standard InChI is InChI=1S/C27H39NO7S/c1-28(2)26(32)18-35-27(33)8-5-12-36-13-11-23-22(24(30)16-25(23)31)10-9-21(29)15-19-6-4-7-20(14-19)17-34-3/h4,6-7,9-10,14,21-24,29-30H,5,8,11-13,15-18H2,1-3H3/t21-,22-,23-,24-/m1/s1. The van der Waals surface area contributed by atoms with E-state index in [2.05, 4.69) is 0 Å². The summed E-state index contributed by atoms with van der Waals surface area (Å²) in [5.41, 5.74) is 2.03. The minimum atomic E-state index is -0.736. The van der Waals surface area contributed by atoms with E-state index in [0.717, 1.165) is 22.6 Å². The highest BCUT2D eigenvalue weighted by Crippen LogP contribution is 2.34. The molecule has 0 aliphatic heterocycles. The van der Waals surface area contributed by atoms with Crippen LogP contribution in [-0.2, 0) is 36.9 Å². The van der Waals surface area contributed by atoms with E-state index in [-0.39, 0.29) is 43.0 Å². The summed E-state index contributed by atoms with van der Waals surface area (Å²) < 4.78 is 10.1. The third kappa shape index (κ3) is 10.4. The SMILES string of the molecule is COCc1cccc(C[C@H](O)C=C[C@H]2[C@H](O)CC(=O)[C@@H]2CCSCCCC(=O)OCC(=O)N(C)C)c1. The average Bonchev–Trinajstić information content (AvgIpc) is 3.10. The number of carbonyl (C=O) groups is 3. The predicted octanol–water partition coefficient (Wildman–Crippen LogP) is 2.39. The fourth-order valence-corrected chi connectivity index (χ4v) is 5.12. The van der Waals surface area contributed by atoms with Gasteiger partial charge in [0.1, 0.15) is 5.78 Å². The van der Waals surface area contributed by atoms with E-state index < -0.39 is 18.2 Å². The van der Waals surface area contributed by atoms with Crippen molar-refractivity contribution in [3.05, 3.63) is 47.5 Å². The molecular weight excluding hydrogens is 482 g/mol. The van der Waals surface area contributed by atoms with E-state index in [1.54, 1.807) is 45.1 Å². The van der Waals surface area contributed by atoms with Crippen LogP contribution in [0.25, 0.3) is 0 Å². The first-order valence-electron chi connectivity index (χ1n) is 12.3. The molecule has 8 nitrogen and oxygen atoms in total. The van der Waals surface area contributed by atoms with Gasteiger partial charge >= 0.3 is 5.97 Å². The van der Waals surface area contributed by atoms with Gasteiger partial charge in [-0.15, -0.1) is 0 Å². The molecule has 1 fully saturated rings. The number of amides is 1. The first-order chi connectivity index (χ1) is 17.2. The lowest BCUT2D eigenvalue weighted by atomic mass is 9.91. The van der Waals surface area contributed by atoms with Crippen molar-refractivity contribution >= 4 is 29.4 Å². The summed E-state index contributed by atoms with van der Waals surface area (Å²) in [5, 5.41) is 20.9. The molecule has 0 spiro atoms. The Balaban J connectivity index is 1.73. The molecular formula is C27H39NO7S. The Bertz CT molecular complexity index is 889. The lowest BCUT2D eigenvalue weighted by Crippen LogP contribution is -2.27. The van der Waals surface area contributed by atoms with Crippen molar-refractivity contribution in [2.75, 3.05) is 39.3 Å². The molecule has 4 atom stereocenters. The first-order valence-corrected chi connectivity index (χ1v) is 13.4. The van der Waals surface area contributed by atoms with E-state index in [0.29, 0.717) is 25.9 Å². The second-order valence-corrected chi connectivity index (χ2v) is 10.5. The summed E-state index contributed by atoms with van der Waals surface area (Å²) >= 11 is 1.65. The summed E-state index contributed by atoms with van der Waals surface area (Å²) in [6, 6.07) is 7.85. The number of thioether (sulfide) groups is 1. The fraction of sp³-hybridized carbons (Fsp3) is 0.593. The van der Waals surface area contributed by atoms with Crippen molar-refractivity contribution in [2.24, 2.45) is 11.8 Å². The summed E-state index contributed by atoms with van der Waals surface area (Å²) in [4.78, 5) is 37.0. The summed E-state index contributed by atoms with van der Waals surface area (Å²) in [7, 11) is 4.85. The highest BCUT2D eigenvalue weighted by atomic mass is 32.2. The smallest absolute Gasteiger partial charge is 0.306 e. The van der Waals surface area contributed by atoms with Gasteiger partial charge in [0, 0.05) is 52.3 Å². The number of aliphatic hydroxyl groups excluding tert-OH is 2. The maximum absolute atomic E-state index is 12.4. The molecule has 2 rings (SSSR count). The van der Waals surface area contributed by atoms with Gasteiger partial charge in [0.2, 0.25) is 0 Å². The topological polar surface area (TPSA) is 113 Å². The molecule has 0 heterocycles. The normalized spacial score (nSPS) is 20.6. The van der Waals surface area contributed by atoms with Gasteiger partial charge in [-0.2, -0.15) is 11.8 Å². The Labute approximate surface area is 218 Å². The van der Waals surface area contributed by atoms with Crippen LogP contribution in [0, 0.1) is 11.8 Å². The number of methoxy groups -OCH3 is 1. The monoisotopic (exact) mass is 521 g/mol. The van der Waals surface area contributed by atoms with Crippen LogP contribution in [-0.4, -0.2) is 84.3 Å². The van der Waals surface area contributed by atoms with Crippen molar-refractivity contribution in [2.45, 2.75) is 50.9 Å². The Morgan fingerprint density at radius 1 is 1.25 bits per heavy atom. The molecule has 1 saturated carbocycles. The van der Waals surface area contributed by atoms with E-state index in [9.17, 15) is 24.6 Å². The van der Waals surface area contributed by atoms with Crippen molar-refractivity contribution in [1.82, 2.24) is 4.90 Å². The van der Waals surface area contributed by atoms with Gasteiger partial charge in [0.25, 0.3) is 5.91 Å². The molecule has 0 saturated heterocycles. The lowest BCUT2D eigenvalue weighted by Gasteiger charge is -2.18. The number of Topliss-reactive ketones (excluding diaryl/α,β-unsaturated/α-hetero) is 1. The highest BCUT2D eigenvalue weighted by Gasteiger charge is 2.39. The maximum atomic E-state index is 12.4. The Kier molecular flexibility index (Phi) is 13.2. The van der Waals surface area contributed by atoms with E-state index in [1.165, 1.54) is 4.90 Å². The molecule has 0 unspecified atom stereocenters. The molecule has 36 heavy (non-hydrogen) atoms. The van der Waals surface area contributed by atoms with Gasteiger partial charge in [-0.25, -0.2) is 0 Å². The lowest BCUT2D eigenvalue weighted by molar-refractivity contribution is -0.151. The number of carbonyl (C=O) groups excluding carboxylic acids is 3. The maximum Gasteiger partial charge on any atom is 0.306 e. The summed E-state index contributed by atoms with van der Waals surface area (Å²) in [6.07, 6.45) is 4.10. The number of ketones is 1. The van der Waals surface area contributed by atoms with Crippen LogP contribution in [0.1, 0.15) is 36.8 Å². The number of ether oxygens (including phenoxy) is 2. The van der Waals surface area contributed by atoms with Crippen LogP contribution < -0.4 is 0 Å². The summed E-state index contributed by atoms with van der Waals surface area (Å²) in [5.74, 6) is 0.286. The molecule has 200 valence electrons. The van der Waals surface area contributed by atoms with Gasteiger partial charge < -0.3 is 24.6 Å². The number of nitrogens with zero attached hydrogens (tertiary/aromatic N) is 1. The van der Waals surface area contributed by atoms with E-state index in [4.69, 9.17) is 9.47 Å². The fourth-order valence-electron chi connectivity index (χ4n) is 4.15. The van der Waals surface area contributed by atoms with Crippen LogP contribution in [0.2, 0.25) is 0 Å². The van der Waals surface area contributed by atoms with Crippen LogP contribution in [0.4, 0.5) is 0 Å². The Morgan fingerprint density at radius 3 is 2.72 bits per heavy atom. The Hall–Kier alpha value is -2.20. The van der Waals surface area contributed by atoms with Gasteiger partial charge in [-0.05, 0) is 35.5 Å². The average molecular weight is 522 g/mol. The van der Waals surface area contributed by atoms with Crippen LogP contribution >= 0.6 is 11.8 Å². The molecule has 2 N–H and O–H groups in total. The second kappa shape index (κ2) is 15.8. The van der Waals surface area contributed by atoms with Gasteiger partial charge in [0.15, 0.2) is 6.61 Å². The second-order valence-electron chi connectivity index (χ2n) is 9.28.